The van der Waals surface area contributed by atoms with Crippen LogP contribution in [0.5, 0.6) is 5.75 Å². The zero-order valence-corrected chi connectivity index (χ0v) is 9.01. The molecule has 0 fully saturated rings. The molecule has 0 radical (unpaired) electrons. The van der Waals surface area contributed by atoms with Crippen molar-refractivity contribution in [1.82, 2.24) is 0 Å². The number of rotatable bonds is 2. The van der Waals surface area contributed by atoms with Gasteiger partial charge >= 0.3 is 0 Å². The van der Waals surface area contributed by atoms with Gasteiger partial charge in [0.2, 0.25) is 5.43 Å². The van der Waals surface area contributed by atoms with E-state index in [0.29, 0.717) is 5.75 Å². The van der Waals surface area contributed by atoms with E-state index in [2.05, 4.69) is 0 Å². The second-order valence-corrected chi connectivity index (χ2v) is 3.42. The Balaban J connectivity index is 2.60. The minimum atomic E-state index is -0.107. The first-order valence-electron chi connectivity index (χ1n) is 5.05. The lowest BCUT2D eigenvalue weighted by atomic mass is 10.1. The summed E-state index contributed by atoms with van der Waals surface area (Å²) in [6, 6.07) is 16.8. The lowest BCUT2D eigenvalue weighted by Gasteiger charge is -1.99. The molecule has 2 heteroatoms. The minimum Gasteiger partial charge on any atom is -0.493 e. The van der Waals surface area contributed by atoms with E-state index in [4.69, 9.17) is 4.74 Å². The van der Waals surface area contributed by atoms with Crippen molar-refractivity contribution in [3.8, 4) is 16.9 Å². The quantitative estimate of drug-likeness (QED) is 0.765. The van der Waals surface area contributed by atoms with Crippen LogP contribution < -0.4 is 10.2 Å². The van der Waals surface area contributed by atoms with E-state index in [1.165, 1.54) is 13.2 Å². The van der Waals surface area contributed by atoms with Crippen LogP contribution in [0.15, 0.2) is 59.4 Å². The molecule has 0 spiro atoms. The number of ether oxygens (including phenoxy) is 1. The Morgan fingerprint density at radius 1 is 0.875 bits per heavy atom. The first-order valence-corrected chi connectivity index (χ1v) is 5.05. The van der Waals surface area contributed by atoms with E-state index >= 15 is 0 Å². The third-order valence-corrected chi connectivity index (χ3v) is 2.38. The zero-order chi connectivity index (χ0) is 11.4. The molecule has 0 aliphatic carbocycles. The van der Waals surface area contributed by atoms with Crippen LogP contribution in [0, 0.1) is 0 Å². The summed E-state index contributed by atoms with van der Waals surface area (Å²) in [4.78, 5) is 11.5. The van der Waals surface area contributed by atoms with Crippen LogP contribution in [0.25, 0.3) is 11.1 Å². The van der Waals surface area contributed by atoms with Gasteiger partial charge < -0.3 is 4.74 Å². The lowest BCUT2D eigenvalue weighted by Crippen LogP contribution is -1.99. The molecule has 0 heterocycles. The van der Waals surface area contributed by atoms with Gasteiger partial charge in [0.1, 0.15) is 0 Å². The molecule has 2 rings (SSSR count). The molecule has 0 bridgehead atoms. The van der Waals surface area contributed by atoms with E-state index < -0.39 is 0 Å². The van der Waals surface area contributed by atoms with Crippen molar-refractivity contribution >= 4 is 0 Å². The van der Waals surface area contributed by atoms with Crippen molar-refractivity contribution in [2.24, 2.45) is 0 Å². The van der Waals surface area contributed by atoms with Gasteiger partial charge in [0, 0.05) is 0 Å². The first kappa shape index (κ1) is 10.4. The van der Waals surface area contributed by atoms with Gasteiger partial charge in [-0.05, 0) is 23.3 Å². The van der Waals surface area contributed by atoms with Crippen LogP contribution in [0.3, 0.4) is 0 Å². The van der Waals surface area contributed by atoms with Crippen LogP contribution in [-0.4, -0.2) is 7.11 Å². The molecule has 0 aliphatic rings. The molecule has 0 N–H and O–H groups in total. The van der Waals surface area contributed by atoms with Gasteiger partial charge in [0.05, 0.1) is 7.11 Å². The van der Waals surface area contributed by atoms with Gasteiger partial charge in [-0.3, -0.25) is 4.79 Å². The Labute approximate surface area is 94.1 Å². The minimum absolute atomic E-state index is 0.107. The molecular formula is C14H12O2. The van der Waals surface area contributed by atoms with E-state index in [1.807, 2.05) is 36.4 Å². The Hall–Kier alpha value is -2.09. The van der Waals surface area contributed by atoms with Crippen LogP contribution in [-0.2, 0) is 0 Å². The van der Waals surface area contributed by atoms with E-state index in [1.54, 1.807) is 12.1 Å². The maximum atomic E-state index is 11.5. The predicted octanol–water partition coefficient (Wildman–Crippen LogP) is 2.72. The molecule has 0 unspecified atom stereocenters. The Morgan fingerprint density at radius 2 is 1.56 bits per heavy atom. The second-order valence-electron chi connectivity index (χ2n) is 3.42. The third kappa shape index (κ3) is 2.11. The van der Waals surface area contributed by atoms with E-state index in [0.717, 1.165) is 11.1 Å². The Bertz CT molecular complexity index is 533. The molecule has 0 aliphatic heterocycles. The number of benzene rings is 1. The molecule has 2 aromatic carbocycles. The Morgan fingerprint density at radius 3 is 2.25 bits per heavy atom. The molecule has 0 saturated heterocycles. The lowest BCUT2D eigenvalue weighted by molar-refractivity contribution is 0.411. The van der Waals surface area contributed by atoms with E-state index in [-0.39, 0.29) is 5.43 Å². The largest absolute Gasteiger partial charge is 0.493 e. The number of hydrogen-bond acceptors (Lipinski definition) is 2. The van der Waals surface area contributed by atoms with Crippen molar-refractivity contribution in [3.05, 3.63) is 64.8 Å². The fraction of sp³-hybridized carbons (Fsp3) is 0.0714. The average molecular weight is 212 g/mol. The van der Waals surface area contributed by atoms with Gasteiger partial charge in [-0.2, -0.15) is 0 Å². The van der Waals surface area contributed by atoms with Gasteiger partial charge in [0.15, 0.2) is 5.75 Å². The zero-order valence-electron chi connectivity index (χ0n) is 9.01. The topological polar surface area (TPSA) is 26.3 Å². The summed E-state index contributed by atoms with van der Waals surface area (Å²) < 4.78 is 5.05. The highest BCUT2D eigenvalue weighted by Gasteiger charge is 2.00. The van der Waals surface area contributed by atoms with Crippen molar-refractivity contribution in [1.29, 1.82) is 0 Å². The predicted molar refractivity (Wildman–Crippen MR) is 64.7 cm³/mol. The van der Waals surface area contributed by atoms with Crippen LogP contribution in [0.4, 0.5) is 0 Å². The molecular weight excluding hydrogens is 200 g/mol. The molecule has 80 valence electrons. The summed E-state index contributed by atoms with van der Waals surface area (Å²) in [5.74, 6) is 0.365. The molecule has 2 aromatic rings. The fourth-order valence-corrected chi connectivity index (χ4v) is 1.55. The second kappa shape index (κ2) is 4.62. The average Bonchev–Trinajstić information content (AvgIpc) is 2.52. The first-order chi connectivity index (χ1) is 7.81. The highest BCUT2D eigenvalue weighted by Crippen LogP contribution is 2.19. The number of hydrogen-bond donors (Lipinski definition) is 0. The van der Waals surface area contributed by atoms with Gasteiger partial charge in [-0.1, -0.05) is 42.5 Å². The molecule has 2 nitrogen and oxygen atoms in total. The van der Waals surface area contributed by atoms with Gasteiger partial charge in [-0.15, -0.1) is 0 Å². The third-order valence-electron chi connectivity index (χ3n) is 2.38. The molecule has 16 heavy (non-hydrogen) atoms. The highest BCUT2D eigenvalue weighted by atomic mass is 16.5. The monoisotopic (exact) mass is 212 g/mol. The molecule has 0 atom stereocenters. The maximum Gasteiger partial charge on any atom is 0.220 e. The summed E-state index contributed by atoms with van der Waals surface area (Å²) in [6.45, 7) is 0. The van der Waals surface area contributed by atoms with Crippen molar-refractivity contribution < 1.29 is 4.74 Å². The SMILES string of the molecule is COc1cc(-c2ccccc2)cccc1=O. The van der Waals surface area contributed by atoms with E-state index in [9.17, 15) is 4.79 Å². The maximum absolute atomic E-state index is 11.5. The highest BCUT2D eigenvalue weighted by molar-refractivity contribution is 5.64. The summed E-state index contributed by atoms with van der Waals surface area (Å²) >= 11 is 0. The summed E-state index contributed by atoms with van der Waals surface area (Å²) in [7, 11) is 1.51. The molecule has 0 aromatic heterocycles. The van der Waals surface area contributed by atoms with Crippen molar-refractivity contribution in [2.45, 2.75) is 0 Å². The Kier molecular flexibility index (Phi) is 3.01. The van der Waals surface area contributed by atoms with Crippen LogP contribution in [0.1, 0.15) is 0 Å². The summed E-state index contributed by atoms with van der Waals surface area (Å²) in [5, 5.41) is 0. The van der Waals surface area contributed by atoms with Crippen molar-refractivity contribution in [2.75, 3.05) is 7.11 Å². The standard InChI is InChI=1S/C14H12O2/c1-16-14-10-12(8-5-9-13(14)15)11-6-3-2-4-7-11/h2-10H,1H3. The normalized spacial score (nSPS) is 9.81. The van der Waals surface area contributed by atoms with Crippen LogP contribution >= 0.6 is 0 Å². The van der Waals surface area contributed by atoms with Gasteiger partial charge in [-0.25, -0.2) is 0 Å². The molecule has 0 saturated carbocycles. The molecule has 0 amide bonds. The van der Waals surface area contributed by atoms with Crippen LogP contribution in [0.2, 0.25) is 0 Å². The fourth-order valence-electron chi connectivity index (χ4n) is 1.55. The van der Waals surface area contributed by atoms with Crippen molar-refractivity contribution in [3.63, 3.8) is 0 Å². The summed E-state index contributed by atoms with van der Waals surface area (Å²) in [6.07, 6.45) is 0. The van der Waals surface area contributed by atoms with Gasteiger partial charge in [0.25, 0.3) is 0 Å². The summed E-state index contributed by atoms with van der Waals surface area (Å²) in [5.41, 5.74) is 1.93. The smallest absolute Gasteiger partial charge is 0.220 e. The number of methoxy groups -OCH3 is 1.